The summed E-state index contributed by atoms with van der Waals surface area (Å²) in [5.41, 5.74) is -0.460. The van der Waals surface area contributed by atoms with Gasteiger partial charge in [-0.1, -0.05) is 0 Å². The van der Waals surface area contributed by atoms with Gasteiger partial charge in [0.25, 0.3) is 5.56 Å². The number of anilines is 1. The summed E-state index contributed by atoms with van der Waals surface area (Å²) in [6.45, 7) is 9.41. The highest BCUT2D eigenvalue weighted by molar-refractivity contribution is 5.74. The highest BCUT2D eigenvalue weighted by atomic mass is 16.5. The van der Waals surface area contributed by atoms with Crippen molar-refractivity contribution >= 4 is 17.1 Å². The molecule has 0 radical (unpaired) electrons. The van der Waals surface area contributed by atoms with E-state index in [1.54, 1.807) is 11.6 Å². The fraction of sp³-hybridized carbons (Fsp3) is 0.688. The largest absolute Gasteiger partial charge is 0.389 e. The molecular weight excluding hydrogens is 326 g/mol. The van der Waals surface area contributed by atoms with E-state index < -0.39 is 17.4 Å². The van der Waals surface area contributed by atoms with Crippen molar-refractivity contribution in [2.45, 2.75) is 46.4 Å². The van der Waals surface area contributed by atoms with Crippen molar-refractivity contribution in [3.05, 3.63) is 20.8 Å². The van der Waals surface area contributed by atoms with Crippen molar-refractivity contribution in [2.75, 3.05) is 24.6 Å². The Morgan fingerprint density at radius 1 is 1.28 bits per heavy atom. The molecule has 0 saturated carbocycles. The zero-order valence-corrected chi connectivity index (χ0v) is 15.4. The van der Waals surface area contributed by atoms with E-state index in [4.69, 9.17) is 4.74 Å². The van der Waals surface area contributed by atoms with Crippen LogP contribution in [0.3, 0.4) is 0 Å². The van der Waals surface area contributed by atoms with Crippen LogP contribution in [-0.2, 0) is 18.3 Å². The smallest absolute Gasteiger partial charge is 0.329 e. The number of H-pyrrole nitrogens is 1. The van der Waals surface area contributed by atoms with Crippen LogP contribution in [0.2, 0.25) is 0 Å². The highest BCUT2D eigenvalue weighted by Gasteiger charge is 2.22. The van der Waals surface area contributed by atoms with Gasteiger partial charge in [-0.05, 0) is 27.7 Å². The SMILES string of the molecule is CCN(CC)c1nc2c(c(=O)[nH]c(=O)n2C)n1C[C@@H](O)COC(C)C. The third-order valence-corrected chi connectivity index (χ3v) is 4.05. The summed E-state index contributed by atoms with van der Waals surface area (Å²) in [5.74, 6) is 0.551. The average molecular weight is 353 g/mol. The molecule has 25 heavy (non-hydrogen) atoms. The van der Waals surface area contributed by atoms with E-state index in [1.807, 2.05) is 32.6 Å². The van der Waals surface area contributed by atoms with Gasteiger partial charge in [0, 0.05) is 20.1 Å². The van der Waals surface area contributed by atoms with Crippen LogP contribution in [0.4, 0.5) is 5.95 Å². The van der Waals surface area contributed by atoms with Gasteiger partial charge < -0.3 is 19.3 Å². The molecule has 2 rings (SSSR count). The number of fused-ring (bicyclic) bond motifs is 1. The second-order valence-electron chi connectivity index (χ2n) is 6.22. The van der Waals surface area contributed by atoms with E-state index in [2.05, 4.69) is 9.97 Å². The van der Waals surface area contributed by atoms with Crippen LogP contribution < -0.4 is 16.1 Å². The average Bonchev–Trinajstić information content (AvgIpc) is 2.92. The molecule has 0 aliphatic rings. The minimum absolute atomic E-state index is 0.000609. The first kappa shape index (κ1) is 19.2. The monoisotopic (exact) mass is 353 g/mol. The lowest BCUT2D eigenvalue weighted by Crippen LogP contribution is -2.32. The summed E-state index contributed by atoms with van der Waals surface area (Å²) in [6.07, 6.45) is -0.800. The number of imidazole rings is 1. The van der Waals surface area contributed by atoms with E-state index >= 15 is 0 Å². The van der Waals surface area contributed by atoms with Crippen molar-refractivity contribution in [1.29, 1.82) is 0 Å². The molecule has 2 heterocycles. The standard InChI is InChI=1S/C16H27N5O4/c1-6-20(7-2)15-17-13-12(14(23)18-16(24)19(13)5)21(15)8-11(22)9-25-10(3)4/h10-11,22H,6-9H2,1-5H3,(H,18,23,24)/t11-/m1/s1. The predicted octanol–water partition coefficient (Wildman–Crippen LogP) is 0.0554. The van der Waals surface area contributed by atoms with Crippen molar-refractivity contribution in [3.8, 4) is 0 Å². The Balaban J connectivity index is 2.58. The summed E-state index contributed by atoms with van der Waals surface area (Å²) in [4.78, 5) is 33.0. The van der Waals surface area contributed by atoms with E-state index in [9.17, 15) is 14.7 Å². The molecule has 0 saturated heterocycles. The van der Waals surface area contributed by atoms with E-state index in [1.165, 1.54) is 4.57 Å². The first-order chi connectivity index (χ1) is 11.8. The van der Waals surface area contributed by atoms with Crippen LogP contribution in [0.25, 0.3) is 11.2 Å². The van der Waals surface area contributed by atoms with Crippen LogP contribution >= 0.6 is 0 Å². The van der Waals surface area contributed by atoms with Crippen molar-refractivity contribution < 1.29 is 9.84 Å². The van der Waals surface area contributed by atoms with Crippen molar-refractivity contribution in [1.82, 2.24) is 19.1 Å². The highest BCUT2D eigenvalue weighted by Crippen LogP contribution is 2.20. The molecule has 0 fully saturated rings. The first-order valence-corrected chi connectivity index (χ1v) is 8.54. The van der Waals surface area contributed by atoms with Gasteiger partial charge in [-0.25, -0.2) is 4.79 Å². The van der Waals surface area contributed by atoms with Gasteiger partial charge in [-0.2, -0.15) is 4.98 Å². The van der Waals surface area contributed by atoms with Crippen LogP contribution in [0.1, 0.15) is 27.7 Å². The van der Waals surface area contributed by atoms with Crippen LogP contribution in [0.5, 0.6) is 0 Å². The number of nitrogens with zero attached hydrogens (tertiary/aromatic N) is 4. The zero-order chi connectivity index (χ0) is 18.7. The maximum absolute atomic E-state index is 12.4. The molecule has 2 aromatic rings. The van der Waals surface area contributed by atoms with E-state index in [0.29, 0.717) is 24.7 Å². The number of hydrogen-bond acceptors (Lipinski definition) is 6. The molecule has 2 N–H and O–H groups in total. The molecule has 0 aromatic carbocycles. The first-order valence-electron chi connectivity index (χ1n) is 8.54. The van der Waals surface area contributed by atoms with E-state index in [-0.39, 0.29) is 24.8 Å². The maximum Gasteiger partial charge on any atom is 0.329 e. The summed E-state index contributed by atoms with van der Waals surface area (Å²) in [7, 11) is 1.56. The molecule has 140 valence electrons. The molecule has 2 aromatic heterocycles. The predicted molar refractivity (Wildman–Crippen MR) is 96.3 cm³/mol. The molecule has 0 bridgehead atoms. The Morgan fingerprint density at radius 2 is 1.92 bits per heavy atom. The van der Waals surface area contributed by atoms with Crippen molar-refractivity contribution in [2.24, 2.45) is 7.05 Å². The maximum atomic E-state index is 12.4. The summed E-state index contributed by atoms with van der Waals surface area (Å²) in [6, 6.07) is 0. The molecule has 0 aliphatic heterocycles. The Kier molecular flexibility index (Phi) is 6.02. The number of hydrogen-bond donors (Lipinski definition) is 2. The molecule has 1 atom stereocenters. The number of ether oxygens (including phenoxy) is 1. The molecule has 9 heteroatoms. The Hall–Kier alpha value is -2.13. The Labute approximate surface area is 145 Å². The number of aliphatic hydroxyl groups excluding tert-OH is 1. The number of rotatable bonds is 8. The van der Waals surface area contributed by atoms with Crippen molar-refractivity contribution in [3.63, 3.8) is 0 Å². The Bertz CT molecular complexity index is 831. The third-order valence-electron chi connectivity index (χ3n) is 4.05. The number of aromatic nitrogens is 4. The fourth-order valence-electron chi connectivity index (χ4n) is 2.71. The topological polar surface area (TPSA) is 105 Å². The molecule has 9 nitrogen and oxygen atoms in total. The quantitative estimate of drug-likeness (QED) is 0.695. The third kappa shape index (κ3) is 3.93. The summed E-state index contributed by atoms with van der Waals surface area (Å²) < 4.78 is 8.42. The molecule has 0 unspecified atom stereocenters. The molecule has 0 aliphatic carbocycles. The lowest BCUT2D eigenvalue weighted by Gasteiger charge is -2.22. The minimum atomic E-state index is -0.800. The second-order valence-corrected chi connectivity index (χ2v) is 6.22. The van der Waals surface area contributed by atoms with Crippen LogP contribution in [0, 0.1) is 0 Å². The minimum Gasteiger partial charge on any atom is -0.389 e. The number of aromatic amines is 1. The second kappa shape index (κ2) is 7.83. The van der Waals surface area contributed by atoms with Gasteiger partial charge >= 0.3 is 5.69 Å². The Morgan fingerprint density at radius 3 is 2.48 bits per heavy atom. The van der Waals surface area contributed by atoms with Gasteiger partial charge in [0.15, 0.2) is 11.2 Å². The van der Waals surface area contributed by atoms with E-state index in [0.717, 1.165) is 0 Å². The lowest BCUT2D eigenvalue weighted by atomic mass is 10.3. The van der Waals surface area contributed by atoms with Gasteiger partial charge in [-0.15, -0.1) is 0 Å². The van der Waals surface area contributed by atoms with Gasteiger partial charge in [0.2, 0.25) is 5.95 Å². The number of nitrogens with one attached hydrogen (secondary N) is 1. The number of aliphatic hydroxyl groups is 1. The van der Waals surface area contributed by atoms with Gasteiger partial charge in [0.05, 0.1) is 25.4 Å². The fourth-order valence-corrected chi connectivity index (χ4v) is 2.71. The molecular formula is C16H27N5O4. The lowest BCUT2D eigenvalue weighted by molar-refractivity contribution is -0.000173. The van der Waals surface area contributed by atoms with Gasteiger partial charge in [0.1, 0.15) is 0 Å². The summed E-state index contributed by atoms with van der Waals surface area (Å²) >= 11 is 0. The summed E-state index contributed by atoms with van der Waals surface area (Å²) in [5, 5.41) is 10.3. The van der Waals surface area contributed by atoms with Gasteiger partial charge in [-0.3, -0.25) is 14.3 Å². The van der Waals surface area contributed by atoms with Crippen LogP contribution in [-0.4, -0.2) is 56.1 Å². The van der Waals surface area contributed by atoms with Crippen LogP contribution in [0.15, 0.2) is 9.59 Å². The normalized spacial score (nSPS) is 12.9. The number of aryl methyl sites for hydroxylation is 1. The zero-order valence-electron chi connectivity index (χ0n) is 15.4. The molecule has 0 amide bonds. The molecule has 0 spiro atoms.